The monoisotopic (exact) mass is 917 g/mol. The quantitative estimate of drug-likeness (QED) is 0.0212. The van der Waals surface area contributed by atoms with Gasteiger partial charge in [-0.15, -0.1) is 0 Å². The molecule has 2 unspecified atom stereocenters. The minimum absolute atomic E-state index is 0.0224. The van der Waals surface area contributed by atoms with Crippen LogP contribution in [0.4, 0.5) is 0 Å². The van der Waals surface area contributed by atoms with Crippen molar-refractivity contribution in [2.45, 2.75) is 200 Å². The fraction of sp³-hybridized carbons (Fsp3) is 0.704. The highest BCUT2D eigenvalue weighted by molar-refractivity contribution is 7.47. The fourth-order valence-electron chi connectivity index (χ4n) is 6.48. The summed E-state index contributed by atoms with van der Waals surface area (Å²) in [6, 6.07) is 0. The number of nitrogens with zero attached hydrogens (tertiary/aromatic N) is 1. The second-order valence-electron chi connectivity index (χ2n) is 17.8. The van der Waals surface area contributed by atoms with E-state index in [-0.39, 0.29) is 32.0 Å². The maximum Gasteiger partial charge on any atom is 0.472 e. The number of phosphoric ester groups is 1. The average molecular weight is 917 g/mol. The first-order chi connectivity index (χ1) is 31.0. The largest absolute Gasteiger partial charge is 0.472 e. The molecule has 0 saturated carbocycles. The summed E-state index contributed by atoms with van der Waals surface area (Å²) in [4.78, 5) is 35.6. The highest BCUT2D eigenvalue weighted by Crippen LogP contribution is 2.43. The van der Waals surface area contributed by atoms with Gasteiger partial charge in [0.15, 0.2) is 6.10 Å². The first-order valence-corrected chi connectivity index (χ1v) is 26.8. The van der Waals surface area contributed by atoms with Gasteiger partial charge in [-0.3, -0.25) is 18.6 Å². The van der Waals surface area contributed by atoms with Crippen molar-refractivity contribution < 1.29 is 42.1 Å². The molecular weight excluding hydrogens is 822 g/mol. The molecule has 0 aromatic rings. The van der Waals surface area contributed by atoms with Gasteiger partial charge in [0.05, 0.1) is 27.7 Å². The summed E-state index contributed by atoms with van der Waals surface area (Å²) in [5, 5.41) is 0. The Labute approximate surface area is 392 Å². The van der Waals surface area contributed by atoms with Gasteiger partial charge in [0, 0.05) is 12.8 Å². The summed E-state index contributed by atoms with van der Waals surface area (Å²) in [6.07, 6.45) is 59.1. The third-order valence-electron chi connectivity index (χ3n) is 10.4. The summed E-state index contributed by atoms with van der Waals surface area (Å²) in [7, 11) is 1.45. The molecule has 0 heterocycles. The van der Waals surface area contributed by atoms with E-state index in [0.29, 0.717) is 17.4 Å². The third-order valence-corrected chi connectivity index (χ3v) is 11.4. The first kappa shape index (κ1) is 61.2. The Morgan fingerprint density at radius 1 is 0.500 bits per heavy atom. The summed E-state index contributed by atoms with van der Waals surface area (Å²) in [5.41, 5.74) is 0. The average Bonchev–Trinajstić information content (AvgIpc) is 3.25. The van der Waals surface area contributed by atoms with Gasteiger partial charge in [-0.05, 0) is 89.9 Å². The molecule has 0 aromatic heterocycles. The Kier molecular flexibility index (Phi) is 43.4. The molecule has 0 rings (SSSR count). The molecule has 1 N–H and O–H groups in total. The molecule has 64 heavy (non-hydrogen) atoms. The van der Waals surface area contributed by atoms with Crippen molar-refractivity contribution in [3.05, 3.63) is 85.1 Å². The molecule has 0 spiro atoms. The Morgan fingerprint density at radius 2 is 0.891 bits per heavy atom. The Balaban J connectivity index is 4.33. The molecule has 0 bridgehead atoms. The van der Waals surface area contributed by atoms with Gasteiger partial charge >= 0.3 is 19.8 Å². The fourth-order valence-corrected chi connectivity index (χ4v) is 7.22. The lowest BCUT2D eigenvalue weighted by molar-refractivity contribution is -0.870. The highest BCUT2D eigenvalue weighted by Gasteiger charge is 2.27. The number of carbonyl (C=O) groups excluding carboxylic acids is 2. The van der Waals surface area contributed by atoms with Crippen LogP contribution in [0, 0.1) is 0 Å². The van der Waals surface area contributed by atoms with Gasteiger partial charge in [-0.25, -0.2) is 4.57 Å². The van der Waals surface area contributed by atoms with E-state index in [0.717, 1.165) is 103 Å². The standard InChI is InChI=1S/C54H94NO8P/c1-6-8-10-12-14-16-18-20-22-24-26-27-29-31-33-35-37-39-41-43-45-47-54(57)63-52(51-62-64(58,59)61-49-48-55(3,4)5)50-60-53(56)46-44-42-40-38-36-34-32-30-28-25-23-21-19-17-15-13-11-9-7-2/h8,10,14-17,20-23,26-27,31,33,52H,6-7,9,11-13,18-19,24-25,28-30,32,34-51H2,1-5H3/p+1/b10-8-,16-14-,17-15-,22-20-,23-21-,27-26-,33-31-. The number of rotatable bonds is 45. The molecule has 0 amide bonds. The van der Waals surface area contributed by atoms with Crippen LogP contribution in [0.1, 0.15) is 194 Å². The molecule has 2 atom stereocenters. The number of allylic oxidation sites excluding steroid dienone is 14. The van der Waals surface area contributed by atoms with E-state index >= 15 is 0 Å². The number of unbranched alkanes of at least 4 members (excludes halogenated alkanes) is 17. The SMILES string of the molecule is CC/C=C\C/C=C\C/C=C\C/C=C\C/C=C\CCCCCCCC(=O)OC(COC(=O)CCCCCCCCCCC/C=C\C/C=C\CCCCC)COP(=O)(O)OCC[N+](C)(C)C. The van der Waals surface area contributed by atoms with Gasteiger partial charge in [-0.1, -0.05) is 176 Å². The van der Waals surface area contributed by atoms with E-state index in [4.69, 9.17) is 18.5 Å². The van der Waals surface area contributed by atoms with Crippen molar-refractivity contribution in [1.29, 1.82) is 0 Å². The summed E-state index contributed by atoms with van der Waals surface area (Å²) in [6.45, 7) is 4.25. The second kappa shape index (κ2) is 45.4. The van der Waals surface area contributed by atoms with Crippen LogP contribution in [-0.4, -0.2) is 74.9 Å². The number of hydrogen-bond acceptors (Lipinski definition) is 7. The number of ether oxygens (including phenoxy) is 2. The van der Waals surface area contributed by atoms with Gasteiger partial charge in [0.25, 0.3) is 0 Å². The smallest absolute Gasteiger partial charge is 0.462 e. The first-order valence-electron chi connectivity index (χ1n) is 25.3. The third kappa shape index (κ3) is 48.6. The second-order valence-corrected chi connectivity index (χ2v) is 19.3. The predicted octanol–water partition coefficient (Wildman–Crippen LogP) is 15.1. The Morgan fingerprint density at radius 3 is 1.33 bits per heavy atom. The van der Waals surface area contributed by atoms with Crippen LogP contribution in [0.15, 0.2) is 85.1 Å². The van der Waals surface area contributed by atoms with Crippen molar-refractivity contribution >= 4 is 19.8 Å². The van der Waals surface area contributed by atoms with E-state index in [1.807, 2.05) is 21.1 Å². The lowest BCUT2D eigenvalue weighted by Crippen LogP contribution is -2.37. The predicted molar refractivity (Wildman–Crippen MR) is 270 cm³/mol. The normalized spacial score (nSPS) is 14.2. The van der Waals surface area contributed by atoms with Crippen molar-refractivity contribution in [2.75, 3.05) is 47.5 Å². The molecule has 0 saturated heterocycles. The molecule has 10 heteroatoms. The molecule has 0 aliphatic heterocycles. The molecular formula is C54H95NO8P+. The van der Waals surface area contributed by atoms with Crippen molar-refractivity contribution in [2.24, 2.45) is 0 Å². The number of phosphoric acid groups is 1. The molecule has 9 nitrogen and oxygen atoms in total. The highest BCUT2D eigenvalue weighted by atomic mass is 31.2. The van der Waals surface area contributed by atoms with Crippen molar-refractivity contribution in [3.63, 3.8) is 0 Å². The number of esters is 2. The van der Waals surface area contributed by atoms with Crippen LogP contribution >= 0.6 is 7.82 Å². The van der Waals surface area contributed by atoms with Crippen molar-refractivity contribution in [3.8, 4) is 0 Å². The maximum absolute atomic E-state index is 12.8. The zero-order valence-electron chi connectivity index (χ0n) is 41.5. The number of hydrogen-bond donors (Lipinski definition) is 1. The van der Waals surface area contributed by atoms with E-state index in [2.05, 4.69) is 98.9 Å². The van der Waals surface area contributed by atoms with E-state index in [1.54, 1.807) is 0 Å². The van der Waals surface area contributed by atoms with E-state index in [9.17, 15) is 19.0 Å². The maximum atomic E-state index is 12.8. The van der Waals surface area contributed by atoms with E-state index in [1.165, 1.54) is 57.8 Å². The molecule has 0 aliphatic rings. The number of quaternary nitrogens is 1. The topological polar surface area (TPSA) is 108 Å². The van der Waals surface area contributed by atoms with Crippen molar-refractivity contribution in [1.82, 2.24) is 0 Å². The zero-order valence-corrected chi connectivity index (χ0v) is 42.4. The molecule has 0 aromatic carbocycles. The minimum atomic E-state index is -4.39. The number of carbonyl (C=O) groups is 2. The minimum Gasteiger partial charge on any atom is -0.462 e. The summed E-state index contributed by atoms with van der Waals surface area (Å²) in [5.74, 6) is -0.829. The van der Waals surface area contributed by atoms with Crippen LogP contribution < -0.4 is 0 Å². The Hall–Kier alpha value is -2.81. The van der Waals surface area contributed by atoms with Crippen LogP contribution in [0.3, 0.4) is 0 Å². The zero-order chi connectivity index (χ0) is 47.1. The van der Waals surface area contributed by atoms with Crippen LogP contribution in [0.2, 0.25) is 0 Å². The van der Waals surface area contributed by atoms with Crippen LogP contribution in [0.5, 0.6) is 0 Å². The molecule has 368 valence electrons. The van der Waals surface area contributed by atoms with Gasteiger partial charge < -0.3 is 18.9 Å². The van der Waals surface area contributed by atoms with Gasteiger partial charge in [-0.2, -0.15) is 0 Å². The Bertz CT molecular complexity index is 1360. The van der Waals surface area contributed by atoms with Crippen LogP contribution in [0.25, 0.3) is 0 Å². The lowest BCUT2D eigenvalue weighted by Gasteiger charge is -2.24. The van der Waals surface area contributed by atoms with Gasteiger partial charge in [0.1, 0.15) is 19.8 Å². The molecule has 0 radical (unpaired) electrons. The number of likely N-dealkylation sites (N-methyl/N-ethyl adjacent to an activating group) is 1. The summed E-state index contributed by atoms with van der Waals surface area (Å²) < 4.78 is 34.4. The lowest BCUT2D eigenvalue weighted by atomic mass is 10.1. The molecule has 0 fully saturated rings. The summed E-state index contributed by atoms with van der Waals surface area (Å²) >= 11 is 0. The molecule has 0 aliphatic carbocycles. The van der Waals surface area contributed by atoms with Gasteiger partial charge in [0.2, 0.25) is 0 Å². The van der Waals surface area contributed by atoms with Crippen LogP contribution in [-0.2, 0) is 32.7 Å². The van der Waals surface area contributed by atoms with E-state index < -0.39 is 26.5 Å².